The summed E-state index contributed by atoms with van der Waals surface area (Å²) in [7, 11) is 2.06. The lowest BCUT2D eigenvalue weighted by atomic mass is 9.81. The fraction of sp³-hybridized carbons (Fsp3) is 0.615. The van der Waals surface area contributed by atoms with Gasteiger partial charge in [-0.05, 0) is 50.3 Å². The number of hydrogen-bond acceptors (Lipinski definition) is 2. The number of aryl methyl sites for hydroxylation is 1. The molecule has 1 aliphatic rings. The van der Waals surface area contributed by atoms with Crippen LogP contribution in [0.5, 0.6) is 0 Å². The summed E-state index contributed by atoms with van der Waals surface area (Å²) in [6.07, 6.45) is 5.83. The molecule has 2 unspecified atom stereocenters. The molecular formula is C13H20N2. The van der Waals surface area contributed by atoms with Gasteiger partial charge in [0.2, 0.25) is 0 Å². The summed E-state index contributed by atoms with van der Waals surface area (Å²) in [5.74, 6) is 0. The zero-order valence-electron chi connectivity index (χ0n) is 9.88. The van der Waals surface area contributed by atoms with Crippen molar-refractivity contribution in [2.24, 2.45) is 0 Å². The third kappa shape index (κ3) is 2.05. The van der Waals surface area contributed by atoms with Crippen molar-refractivity contribution in [3.05, 3.63) is 29.6 Å². The molecule has 0 amide bonds. The monoisotopic (exact) mass is 204 g/mol. The Kier molecular flexibility index (Phi) is 2.79. The minimum absolute atomic E-state index is 0.328. The largest absolute Gasteiger partial charge is 0.317 e. The molecular weight excluding hydrogens is 184 g/mol. The molecule has 0 bridgehead atoms. The molecule has 82 valence electrons. The van der Waals surface area contributed by atoms with Gasteiger partial charge in [-0.2, -0.15) is 0 Å². The van der Waals surface area contributed by atoms with Crippen molar-refractivity contribution in [1.82, 2.24) is 10.3 Å². The van der Waals surface area contributed by atoms with Crippen LogP contribution in [0.2, 0.25) is 0 Å². The van der Waals surface area contributed by atoms with E-state index in [0.29, 0.717) is 11.5 Å². The Bertz CT molecular complexity index is 331. The van der Waals surface area contributed by atoms with Crippen molar-refractivity contribution >= 4 is 0 Å². The van der Waals surface area contributed by atoms with Crippen molar-refractivity contribution in [1.29, 1.82) is 0 Å². The Morgan fingerprint density at radius 3 is 2.80 bits per heavy atom. The van der Waals surface area contributed by atoms with E-state index >= 15 is 0 Å². The zero-order valence-corrected chi connectivity index (χ0v) is 9.88. The van der Waals surface area contributed by atoms with E-state index in [-0.39, 0.29) is 0 Å². The molecule has 2 nitrogen and oxygen atoms in total. The van der Waals surface area contributed by atoms with Gasteiger partial charge in [0.25, 0.3) is 0 Å². The Hall–Kier alpha value is -0.890. The van der Waals surface area contributed by atoms with Crippen LogP contribution in [0.4, 0.5) is 0 Å². The molecule has 2 rings (SSSR count). The lowest BCUT2D eigenvalue weighted by Gasteiger charge is -2.24. The maximum atomic E-state index is 4.40. The molecule has 1 aliphatic carbocycles. The van der Waals surface area contributed by atoms with E-state index in [9.17, 15) is 0 Å². The highest BCUT2D eigenvalue weighted by Gasteiger charge is 2.35. The van der Waals surface area contributed by atoms with Crippen LogP contribution in [0.15, 0.2) is 18.3 Å². The van der Waals surface area contributed by atoms with E-state index < -0.39 is 0 Å². The van der Waals surface area contributed by atoms with Crippen LogP contribution in [-0.4, -0.2) is 18.1 Å². The maximum Gasteiger partial charge on any atom is 0.0372 e. The van der Waals surface area contributed by atoms with Crippen LogP contribution in [0.25, 0.3) is 0 Å². The van der Waals surface area contributed by atoms with Crippen molar-refractivity contribution in [3.63, 3.8) is 0 Å². The van der Waals surface area contributed by atoms with Crippen molar-refractivity contribution in [2.45, 2.75) is 44.6 Å². The third-order valence-electron chi connectivity index (χ3n) is 3.76. The highest BCUT2D eigenvalue weighted by atomic mass is 14.9. The smallest absolute Gasteiger partial charge is 0.0372 e. The highest BCUT2D eigenvalue weighted by molar-refractivity contribution is 5.24. The molecule has 2 heteroatoms. The first kappa shape index (κ1) is 10.6. The third-order valence-corrected chi connectivity index (χ3v) is 3.76. The van der Waals surface area contributed by atoms with Crippen LogP contribution in [0.1, 0.15) is 37.4 Å². The van der Waals surface area contributed by atoms with Gasteiger partial charge in [0.15, 0.2) is 0 Å². The maximum absolute atomic E-state index is 4.40. The predicted octanol–water partition coefficient (Wildman–Crippen LogP) is 2.42. The Labute approximate surface area is 92.1 Å². The topological polar surface area (TPSA) is 24.9 Å². The van der Waals surface area contributed by atoms with Gasteiger partial charge < -0.3 is 5.32 Å². The fourth-order valence-corrected chi connectivity index (χ4v) is 2.57. The second-order valence-corrected chi connectivity index (χ2v) is 4.98. The first-order chi connectivity index (χ1) is 7.14. The number of nitrogens with zero attached hydrogens (tertiary/aromatic N) is 1. The second-order valence-electron chi connectivity index (χ2n) is 4.98. The summed E-state index contributed by atoms with van der Waals surface area (Å²) in [5, 5.41) is 3.38. The van der Waals surface area contributed by atoms with Crippen molar-refractivity contribution in [3.8, 4) is 0 Å². The highest BCUT2D eigenvalue weighted by Crippen LogP contribution is 2.40. The standard InChI is InChI=1S/C13H20N2/c1-10-4-5-11(9-15-10)13(2)7-6-12(8-13)14-3/h4-5,9,12,14H,6-8H2,1-3H3. The normalized spacial score (nSPS) is 30.7. The van der Waals surface area contributed by atoms with Gasteiger partial charge in [0.1, 0.15) is 0 Å². The van der Waals surface area contributed by atoms with Crippen LogP contribution < -0.4 is 5.32 Å². The molecule has 1 heterocycles. The van der Waals surface area contributed by atoms with E-state index in [0.717, 1.165) is 5.69 Å². The number of rotatable bonds is 2. The van der Waals surface area contributed by atoms with Crippen LogP contribution in [0.3, 0.4) is 0 Å². The summed E-state index contributed by atoms with van der Waals surface area (Å²) in [6, 6.07) is 5.03. The minimum atomic E-state index is 0.328. The van der Waals surface area contributed by atoms with Crippen molar-refractivity contribution < 1.29 is 0 Å². The lowest BCUT2D eigenvalue weighted by Crippen LogP contribution is -2.25. The summed E-state index contributed by atoms with van der Waals surface area (Å²) in [5.41, 5.74) is 2.82. The summed E-state index contributed by atoms with van der Waals surface area (Å²) in [6.45, 7) is 4.40. The number of aromatic nitrogens is 1. The Balaban J connectivity index is 2.20. The second kappa shape index (κ2) is 3.93. The van der Waals surface area contributed by atoms with Crippen LogP contribution in [-0.2, 0) is 5.41 Å². The molecule has 0 saturated heterocycles. The summed E-state index contributed by atoms with van der Waals surface area (Å²) in [4.78, 5) is 4.40. The Morgan fingerprint density at radius 1 is 1.47 bits per heavy atom. The minimum Gasteiger partial charge on any atom is -0.317 e. The van der Waals surface area contributed by atoms with Crippen LogP contribution >= 0.6 is 0 Å². The molecule has 1 aromatic heterocycles. The van der Waals surface area contributed by atoms with Gasteiger partial charge in [-0.15, -0.1) is 0 Å². The molecule has 15 heavy (non-hydrogen) atoms. The van der Waals surface area contributed by atoms with Gasteiger partial charge in [-0.3, -0.25) is 4.98 Å². The number of hydrogen-bond donors (Lipinski definition) is 1. The predicted molar refractivity (Wildman–Crippen MR) is 63.0 cm³/mol. The van der Waals surface area contributed by atoms with Gasteiger partial charge in [0.05, 0.1) is 0 Å². The average Bonchev–Trinajstić information content (AvgIpc) is 2.62. The molecule has 1 saturated carbocycles. The molecule has 1 fully saturated rings. The molecule has 0 spiro atoms. The van der Waals surface area contributed by atoms with E-state index in [1.807, 2.05) is 13.1 Å². The van der Waals surface area contributed by atoms with E-state index in [4.69, 9.17) is 0 Å². The molecule has 0 radical (unpaired) electrons. The number of nitrogens with one attached hydrogen (secondary N) is 1. The number of pyridine rings is 1. The quantitative estimate of drug-likeness (QED) is 0.800. The van der Waals surface area contributed by atoms with Gasteiger partial charge in [-0.1, -0.05) is 13.0 Å². The lowest BCUT2D eigenvalue weighted by molar-refractivity contribution is 0.465. The van der Waals surface area contributed by atoms with Gasteiger partial charge in [-0.25, -0.2) is 0 Å². The molecule has 0 aromatic carbocycles. The Morgan fingerprint density at radius 2 is 2.27 bits per heavy atom. The molecule has 1 aromatic rings. The van der Waals surface area contributed by atoms with E-state index in [1.54, 1.807) is 0 Å². The summed E-state index contributed by atoms with van der Waals surface area (Å²) >= 11 is 0. The van der Waals surface area contributed by atoms with Gasteiger partial charge >= 0.3 is 0 Å². The fourth-order valence-electron chi connectivity index (χ4n) is 2.57. The van der Waals surface area contributed by atoms with Crippen molar-refractivity contribution in [2.75, 3.05) is 7.05 Å². The van der Waals surface area contributed by atoms with E-state index in [2.05, 4.69) is 36.4 Å². The van der Waals surface area contributed by atoms with Crippen LogP contribution in [0, 0.1) is 6.92 Å². The average molecular weight is 204 g/mol. The SMILES string of the molecule is CNC1CCC(C)(c2ccc(C)nc2)C1. The van der Waals surface area contributed by atoms with Gasteiger partial charge in [0, 0.05) is 17.9 Å². The summed E-state index contributed by atoms with van der Waals surface area (Å²) < 4.78 is 0. The zero-order chi connectivity index (χ0) is 10.9. The molecule has 1 N–H and O–H groups in total. The molecule has 0 aliphatic heterocycles. The first-order valence-corrected chi connectivity index (χ1v) is 5.74. The first-order valence-electron chi connectivity index (χ1n) is 5.74. The molecule has 2 atom stereocenters. The van der Waals surface area contributed by atoms with E-state index in [1.165, 1.54) is 24.8 Å².